The van der Waals surface area contributed by atoms with Crippen molar-refractivity contribution in [2.24, 2.45) is 0 Å². The Balaban J connectivity index is 2.27. The smallest absolute Gasteiger partial charge is 0.405 e. The summed E-state index contributed by atoms with van der Waals surface area (Å²) in [7, 11) is 0. The number of carboxylic acid groups (broad SMARTS) is 1. The van der Waals surface area contributed by atoms with E-state index in [0.29, 0.717) is 12.8 Å². The molecule has 0 heterocycles. The van der Waals surface area contributed by atoms with Gasteiger partial charge < -0.3 is 10.0 Å². The first-order valence-electron chi connectivity index (χ1n) is 5.64. The molecule has 0 aromatic heterocycles. The van der Waals surface area contributed by atoms with Gasteiger partial charge in [0.2, 0.25) is 0 Å². The third kappa shape index (κ3) is 3.36. The van der Waals surface area contributed by atoms with Gasteiger partial charge in [0.05, 0.1) is 5.56 Å². The van der Waals surface area contributed by atoms with Gasteiger partial charge in [-0.3, -0.25) is 0 Å². The van der Waals surface area contributed by atoms with Crippen molar-refractivity contribution in [3.05, 3.63) is 29.6 Å². The van der Waals surface area contributed by atoms with E-state index in [1.165, 1.54) is 6.07 Å². The number of hydrogen-bond acceptors (Lipinski definition) is 2. The Kier molecular flexibility index (Phi) is 3.38. The highest BCUT2D eigenvalue weighted by Crippen LogP contribution is 2.34. The monoisotopic (exact) mass is 277 g/mol. The van der Waals surface area contributed by atoms with Gasteiger partial charge in [0.25, 0.3) is 0 Å². The summed E-state index contributed by atoms with van der Waals surface area (Å²) >= 11 is 0. The van der Waals surface area contributed by atoms with Crippen LogP contribution in [0.5, 0.6) is 0 Å². The number of rotatable bonds is 4. The van der Waals surface area contributed by atoms with E-state index in [1.54, 1.807) is 0 Å². The van der Waals surface area contributed by atoms with Crippen LogP contribution in [-0.4, -0.2) is 29.8 Å². The molecule has 3 nitrogen and oxygen atoms in total. The molecule has 1 aliphatic carbocycles. The molecule has 0 saturated heterocycles. The summed E-state index contributed by atoms with van der Waals surface area (Å²) in [5.74, 6) is -2.48. The van der Waals surface area contributed by atoms with Crippen LogP contribution in [0.4, 0.5) is 23.2 Å². The molecule has 104 valence electrons. The zero-order chi connectivity index (χ0) is 14.2. The van der Waals surface area contributed by atoms with Crippen molar-refractivity contribution < 1.29 is 27.5 Å². The van der Waals surface area contributed by atoms with Gasteiger partial charge in [-0.15, -0.1) is 0 Å². The van der Waals surface area contributed by atoms with E-state index in [-0.39, 0.29) is 11.7 Å². The number of aromatic carboxylic acids is 1. The SMILES string of the molecule is O=C(O)c1ccc(N(CC(F)(F)F)C2CC2)cc1F. The maximum Gasteiger partial charge on any atom is 0.405 e. The zero-order valence-electron chi connectivity index (χ0n) is 9.75. The van der Waals surface area contributed by atoms with Gasteiger partial charge in [0.1, 0.15) is 12.4 Å². The lowest BCUT2D eigenvalue weighted by Gasteiger charge is -2.26. The van der Waals surface area contributed by atoms with Crippen molar-refractivity contribution in [1.82, 2.24) is 0 Å². The second kappa shape index (κ2) is 4.71. The second-order valence-electron chi connectivity index (χ2n) is 4.44. The number of anilines is 1. The Morgan fingerprint density at radius 2 is 2.00 bits per heavy atom. The summed E-state index contributed by atoms with van der Waals surface area (Å²) in [6, 6.07) is 2.78. The molecule has 1 fully saturated rings. The van der Waals surface area contributed by atoms with Gasteiger partial charge in [-0.2, -0.15) is 13.2 Å². The van der Waals surface area contributed by atoms with Crippen LogP contribution < -0.4 is 4.90 Å². The first-order chi connectivity index (χ1) is 8.78. The Bertz CT molecular complexity index is 497. The lowest BCUT2D eigenvalue weighted by atomic mass is 10.1. The molecule has 2 rings (SSSR count). The molecule has 0 spiro atoms. The molecule has 1 aromatic rings. The zero-order valence-corrected chi connectivity index (χ0v) is 9.75. The number of halogens is 4. The molecule has 7 heteroatoms. The van der Waals surface area contributed by atoms with Gasteiger partial charge in [0.15, 0.2) is 0 Å². The molecule has 1 saturated carbocycles. The molecular formula is C12H11F4NO2. The van der Waals surface area contributed by atoms with E-state index in [1.807, 2.05) is 0 Å². The number of hydrogen-bond donors (Lipinski definition) is 1. The quantitative estimate of drug-likeness (QED) is 0.860. The molecule has 0 radical (unpaired) electrons. The van der Waals surface area contributed by atoms with Crippen molar-refractivity contribution in [3.63, 3.8) is 0 Å². The van der Waals surface area contributed by atoms with Crippen molar-refractivity contribution in [2.75, 3.05) is 11.4 Å². The van der Waals surface area contributed by atoms with Crippen molar-refractivity contribution >= 4 is 11.7 Å². The largest absolute Gasteiger partial charge is 0.478 e. The third-order valence-corrected chi connectivity index (χ3v) is 2.85. The van der Waals surface area contributed by atoms with Gasteiger partial charge in [-0.1, -0.05) is 0 Å². The summed E-state index contributed by atoms with van der Waals surface area (Å²) in [5, 5.41) is 8.67. The first-order valence-corrected chi connectivity index (χ1v) is 5.64. The van der Waals surface area contributed by atoms with Crippen LogP contribution in [0.25, 0.3) is 0 Å². The summed E-state index contributed by atoms with van der Waals surface area (Å²) in [6.07, 6.45) is -3.14. The first kappa shape index (κ1) is 13.6. The normalized spacial score (nSPS) is 15.4. The van der Waals surface area contributed by atoms with Crippen LogP contribution >= 0.6 is 0 Å². The minimum Gasteiger partial charge on any atom is -0.478 e. The third-order valence-electron chi connectivity index (χ3n) is 2.85. The lowest BCUT2D eigenvalue weighted by Crippen LogP contribution is -2.36. The summed E-state index contributed by atoms with van der Waals surface area (Å²) < 4.78 is 50.9. The highest BCUT2D eigenvalue weighted by molar-refractivity contribution is 5.88. The van der Waals surface area contributed by atoms with E-state index in [9.17, 15) is 22.4 Å². The van der Waals surface area contributed by atoms with Crippen LogP contribution in [0, 0.1) is 5.82 Å². The fourth-order valence-corrected chi connectivity index (χ4v) is 1.87. The molecule has 0 bridgehead atoms. The Morgan fingerprint density at radius 3 is 2.42 bits per heavy atom. The second-order valence-corrected chi connectivity index (χ2v) is 4.44. The van der Waals surface area contributed by atoms with E-state index in [2.05, 4.69) is 0 Å². The highest BCUT2D eigenvalue weighted by Gasteiger charge is 2.38. The van der Waals surface area contributed by atoms with E-state index in [0.717, 1.165) is 17.0 Å². The molecule has 19 heavy (non-hydrogen) atoms. The Morgan fingerprint density at radius 1 is 1.37 bits per heavy atom. The number of carboxylic acids is 1. The summed E-state index contributed by atoms with van der Waals surface area (Å²) in [5.41, 5.74) is -0.492. The molecule has 0 unspecified atom stereocenters. The van der Waals surface area contributed by atoms with Crippen LogP contribution in [0.2, 0.25) is 0 Å². The van der Waals surface area contributed by atoms with Gasteiger partial charge in [0, 0.05) is 11.7 Å². The Hall–Kier alpha value is -1.79. The van der Waals surface area contributed by atoms with E-state index in [4.69, 9.17) is 5.11 Å². The predicted octanol–water partition coefficient (Wildman–Crippen LogP) is 3.06. The maximum absolute atomic E-state index is 13.5. The number of carbonyl (C=O) groups is 1. The fourth-order valence-electron chi connectivity index (χ4n) is 1.87. The number of benzene rings is 1. The average Bonchev–Trinajstić information content (AvgIpc) is 3.07. The van der Waals surface area contributed by atoms with Gasteiger partial charge in [-0.25, -0.2) is 9.18 Å². The predicted molar refractivity (Wildman–Crippen MR) is 59.8 cm³/mol. The van der Waals surface area contributed by atoms with Gasteiger partial charge in [-0.05, 0) is 31.0 Å². The van der Waals surface area contributed by atoms with Gasteiger partial charge >= 0.3 is 12.1 Å². The average molecular weight is 277 g/mol. The van der Waals surface area contributed by atoms with E-state index < -0.39 is 30.1 Å². The minimum atomic E-state index is -4.38. The maximum atomic E-state index is 13.5. The van der Waals surface area contributed by atoms with Crippen molar-refractivity contribution in [1.29, 1.82) is 0 Å². The molecule has 0 amide bonds. The Labute approximate surface area is 106 Å². The summed E-state index contributed by atoms with van der Waals surface area (Å²) in [4.78, 5) is 11.7. The fraction of sp³-hybridized carbons (Fsp3) is 0.417. The standard InChI is InChI=1S/C12H11F4NO2/c13-10-5-8(3-4-9(10)11(18)19)17(7-1-2-7)6-12(14,15)16/h3-5,7H,1-2,6H2,(H,18,19). The summed E-state index contributed by atoms with van der Waals surface area (Å²) in [6.45, 7) is -1.16. The highest BCUT2D eigenvalue weighted by atomic mass is 19.4. The number of nitrogens with zero attached hydrogens (tertiary/aromatic N) is 1. The molecular weight excluding hydrogens is 266 g/mol. The number of alkyl halides is 3. The van der Waals surface area contributed by atoms with Crippen LogP contribution in [0.1, 0.15) is 23.2 Å². The van der Waals surface area contributed by atoms with Crippen LogP contribution in [-0.2, 0) is 0 Å². The molecule has 0 aliphatic heterocycles. The van der Waals surface area contributed by atoms with Crippen LogP contribution in [0.15, 0.2) is 18.2 Å². The topological polar surface area (TPSA) is 40.5 Å². The minimum absolute atomic E-state index is 0.0577. The van der Waals surface area contributed by atoms with Crippen LogP contribution in [0.3, 0.4) is 0 Å². The van der Waals surface area contributed by atoms with E-state index >= 15 is 0 Å². The van der Waals surface area contributed by atoms with Crippen molar-refractivity contribution in [2.45, 2.75) is 25.1 Å². The molecule has 1 N–H and O–H groups in total. The lowest BCUT2D eigenvalue weighted by molar-refractivity contribution is -0.120. The molecule has 1 aliphatic rings. The molecule has 0 atom stereocenters. The molecule has 1 aromatic carbocycles. The van der Waals surface area contributed by atoms with Crippen molar-refractivity contribution in [3.8, 4) is 0 Å².